The average molecular weight is 353 g/mol. The Balaban J connectivity index is 3.05. The van der Waals surface area contributed by atoms with E-state index in [4.69, 9.17) is 5.73 Å². The van der Waals surface area contributed by atoms with Crippen LogP contribution in [-0.2, 0) is 9.63 Å². The van der Waals surface area contributed by atoms with Gasteiger partial charge in [0.1, 0.15) is 0 Å². The lowest BCUT2D eigenvalue weighted by molar-refractivity contribution is -0.387. The third-order valence-electron chi connectivity index (χ3n) is 2.61. The largest absolute Gasteiger partial charge is 0.493 e. The SMILES string of the molecule is NCCCN(OC(=O)C(F)(F)F)C(=O)c1ccc([N+](=O)[O-])c(F)c1. The van der Waals surface area contributed by atoms with Crippen LogP contribution in [0.4, 0.5) is 23.2 Å². The Labute approximate surface area is 131 Å². The van der Waals surface area contributed by atoms with Crippen molar-refractivity contribution in [3.63, 3.8) is 0 Å². The Kier molecular flexibility index (Phi) is 6.17. The van der Waals surface area contributed by atoms with Crippen molar-refractivity contribution in [2.45, 2.75) is 12.6 Å². The van der Waals surface area contributed by atoms with Gasteiger partial charge in [0, 0.05) is 11.6 Å². The highest BCUT2D eigenvalue weighted by Crippen LogP contribution is 2.21. The van der Waals surface area contributed by atoms with Crippen LogP contribution < -0.4 is 5.73 Å². The van der Waals surface area contributed by atoms with E-state index >= 15 is 0 Å². The van der Waals surface area contributed by atoms with Gasteiger partial charge in [0.2, 0.25) is 5.82 Å². The maximum Gasteiger partial charge on any atom is 0.493 e. The van der Waals surface area contributed by atoms with Crippen LogP contribution in [-0.4, -0.2) is 41.1 Å². The minimum absolute atomic E-state index is 0.00760. The first-order valence-electron chi connectivity index (χ1n) is 6.33. The molecule has 132 valence electrons. The molecule has 0 spiro atoms. The number of hydrogen-bond donors (Lipinski definition) is 1. The molecule has 24 heavy (non-hydrogen) atoms. The molecule has 0 aliphatic rings. The molecule has 0 saturated carbocycles. The molecular formula is C12H11F4N3O5. The van der Waals surface area contributed by atoms with Crippen LogP contribution in [0.25, 0.3) is 0 Å². The van der Waals surface area contributed by atoms with Crippen molar-refractivity contribution in [2.75, 3.05) is 13.1 Å². The van der Waals surface area contributed by atoms with Crippen molar-refractivity contribution < 1.29 is 36.9 Å². The third kappa shape index (κ3) is 4.87. The number of hydroxylamine groups is 2. The van der Waals surface area contributed by atoms with E-state index in [1.807, 2.05) is 0 Å². The van der Waals surface area contributed by atoms with E-state index < -0.39 is 46.6 Å². The van der Waals surface area contributed by atoms with Crippen molar-refractivity contribution in [1.82, 2.24) is 5.06 Å². The molecule has 0 aliphatic heterocycles. The highest BCUT2D eigenvalue weighted by molar-refractivity contribution is 5.94. The fourth-order valence-corrected chi connectivity index (χ4v) is 1.51. The maximum atomic E-state index is 13.5. The second-order valence-corrected chi connectivity index (χ2v) is 4.35. The highest BCUT2D eigenvalue weighted by atomic mass is 19.4. The summed E-state index contributed by atoms with van der Waals surface area (Å²) in [5, 5.41) is 10.6. The second kappa shape index (κ2) is 7.68. The molecule has 1 rings (SSSR count). The van der Waals surface area contributed by atoms with Gasteiger partial charge in [0.15, 0.2) is 0 Å². The number of hydrogen-bond acceptors (Lipinski definition) is 6. The topological polar surface area (TPSA) is 116 Å². The molecule has 0 fully saturated rings. The van der Waals surface area contributed by atoms with Crippen molar-refractivity contribution in [2.24, 2.45) is 5.73 Å². The zero-order chi connectivity index (χ0) is 18.5. The lowest BCUT2D eigenvalue weighted by atomic mass is 10.2. The average Bonchev–Trinajstić information content (AvgIpc) is 2.48. The number of nitrogens with two attached hydrogens (primary N) is 1. The Bertz CT molecular complexity index is 650. The number of nitro benzene ring substituents is 1. The molecule has 0 heterocycles. The quantitative estimate of drug-likeness (QED) is 0.488. The Morgan fingerprint density at radius 3 is 2.42 bits per heavy atom. The minimum Gasteiger partial charge on any atom is -0.330 e. The van der Waals surface area contributed by atoms with Crippen LogP contribution in [0, 0.1) is 15.9 Å². The number of halogens is 4. The fraction of sp³-hybridized carbons (Fsp3) is 0.333. The predicted molar refractivity (Wildman–Crippen MR) is 69.9 cm³/mol. The third-order valence-corrected chi connectivity index (χ3v) is 2.61. The van der Waals surface area contributed by atoms with Crippen LogP contribution in [0.2, 0.25) is 0 Å². The zero-order valence-corrected chi connectivity index (χ0v) is 11.9. The minimum atomic E-state index is -5.35. The number of rotatable bonds is 5. The normalized spacial score (nSPS) is 11.0. The zero-order valence-electron chi connectivity index (χ0n) is 11.9. The van der Waals surface area contributed by atoms with Crippen LogP contribution in [0.3, 0.4) is 0 Å². The van der Waals surface area contributed by atoms with E-state index in [0.29, 0.717) is 12.1 Å². The van der Waals surface area contributed by atoms with Gasteiger partial charge in [-0.05, 0) is 25.1 Å². The van der Waals surface area contributed by atoms with Crippen molar-refractivity contribution in [3.8, 4) is 0 Å². The fourth-order valence-electron chi connectivity index (χ4n) is 1.51. The predicted octanol–water partition coefficient (Wildman–Crippen LogP) is 1.55. The van der Waals surface area contributed by atoms with Crippen LogP contribution in [0.15, 0.2) is 18.2 Å². The van der Waals surface area contributed by atoms with E-state index in [1.54, 1.807) is 0 Å². The van der Waals surface area contributed by atoms with Crippen molar-refractivity contribution in [1.29, 1.82) is 0 Å². The first-order chi connectivity index (χ1) is 11.1. The molecule has 0 atom stereocenters. The number of benzene rings is 1. The summed E-state index contributed by atoms with van der Waals surface area (Å²) < 4.78 is 50.2. The summed E-state index contributed by atoms with van der Waals surface area (Å²) in [5.74, 6) is -5.29. The van der Waals surface area contributed by atoms with Gasteiger partial charge in [-0.25, -0.2) is 4.79 Å². The maximum absolute atomic E-state index is 13.5. The molecule has 12 heteroatoms. The van der Waals surface area contributed by atoms with Crippen molar-refractivity contribution in [3.05, 3.63) is 39.7 Å². The monoisotopic (exact) mass is 353 g/mol. The number of alkyl halides is 3. The molecule has 8 nitrogen and oxygen atoms in total. The standard InChI is InChI=1S/C12H11F4N3O5/c13-8-6-7(2-3-9(8)19(22)23)10(20)18(5-1-4-17)24-11(21)12(14,15)16/h2-3,6H,1,4-5,17H2. The van der Waals surface area contributed by atoms with Gasteiger partial charge in [-0.1, -0.05) is 0 Å². The lowest BCUT2D eigenvalue weighted by Crippen LogP contribution is -2.39. The molecule has 1 aromatic rings. The summed E-state index contributed by atoms with van der Waals surface area (Å²) in [5.41, 5.74) is 3.71. The molecule has 0 aliphatic carbocycles. The van der Waals surface area contributed by atoms with Gasteiger partial charge in [-0.2, -0.15) is 22.6 Å². The van der Waals surface area contributed by atoms with Crippen molar-refractivity contribution >= 4 is 17.6 Å². The van der Waals surface area contributed by atoms with Gasteiger partial charge in [-0.15, -0.1) is 0 Å². The van der Waals surface area contributed by atoms with E-state index in [0.717, 1.165) is 6.07 Å². The van der Waals surface area contributed by atoms with Gasteiger partial charge in [0.25, 0.3) is 5.91 Å². The summed E-state index contributed by atoms with van der Waals surface area (Å²) in [7, 11) is 0. The van der Waals surface area contributed by atoms with E-state index in [1.165, 1.54) is 0 Å². The highest BCUT2D eigenvalue weighted by Gasteiger charge is 2.43. The Morgan fingerprint density at radius 2 is 1.96 bits per heavy atom. The molecule has 1 aromatic carbocycles. The molecule has 0 bridgehead atoms. The van der Waals surface area contributed by atoms with Crippen LogP contribution in [0.1, 0.15) is 16.8 Å². The second-order valence-electron chi connectivity index (χ2n) is 4.35. The molecule has 0 saturated heterocycles. The number of nitrogens with zero attached hydrogens (tertiary/aromatic N) is 2. The number of carbonyl (C=O) groups is 2. The summed E-state index contributed by atoms with van der Waals surface area (Å²) in [6.07, 6.45) is -5.35. The first kappa shape index (κ1) is 19.3. The van der Waals surface area contributed by atoms with Crippen LogP contribution >= 0.6 is 0 Å². The van der Waals surface area contributed by atoms with Crippen LogP contribution in [0.5, 0.6) is 0 Å². The summed E-state index contributed by atoms with van der Waals surface area (Å²) >= 11 is 0. The molecule has 2 N–H and O–H groups in total. The van der Waals surface area contributed by atoms with Gasteiger partial charge in [0.05, 0.1) is 11.5 Å². The molecule has 0 unspecified atom stereocenters. The summed E-state index contributed by atoms with van der Waals surface area (Å²) in [6.45, 7) is -0.502. The number of carbonyl (C=O) groups excluding carboxylic acids is 2. The summed E-state index contributed by atoms with van der Waals surface area (Å²) in [6, 6.07) is 1.94. The van der Waals surface area contributed by atoms with E-state index in [-0.39, 0.29) is 18.0 Å². The smallest absolute Gasteiger partial charge is 0.330 e. The molecule has 1 amide bonds. The molecular weight excluding hydrogens is 342 g/mol. The molecule has 0 radical (unpaired) electrons. The lowest BCUT2D eigenvalue weighted by Gasteiger charge is -2.21. The first-order valence-corrected chi connectivity index (χ1v) is 6.33. The Morgan fingerprint density at radius 1 is 1.33 bits per heavy atom. The number of nitro groups is 1. The summed E-state index contributed by atoms with van der Waals surface area (Å²) in [4.78, 5) is 36.3. The Hall–Kier alpha value is -2.76. The van der Waals surface area contributed by atoms with Gasteiger partial charge < -0.3 is 10.6 Å². The van der Waals surface area contributed by atoms with Gasteiger partial charge in [-0.3, -0.25) is 14.9 Å². The number of amides is 1. The van der Waals surface area contributed by atoms with E-state index in [2.05, 4.69) is 4.84 Å². The van der Waals surface area contributed by atoms with E-state index in [9.17, 15) is 37.3 Å². The molecule has 0 aromatic heterocycles. The van der Waals surface area contributed by atoms with Gasteiger partial charge >= 0.3 is 17.8 Å².